The predicted octanol–water partition coefficient (Wildman–Crippen LogP) is 1.58. The number of nitrogens with one attached hydrogen (secondary N) is 4. The minimum absolute atomic E-state index is 0.266. The summed E-state index contributed by atoms with van der Waals surface area (Å²) in [6.07, 6.45) is 0. The fourth-order valence-electron chi connectivity index (χ4n) is 4.18. The number of aryl methyl sites for hydroxylation is 2. The average molecular weight is 419 g/mol. The van der Waals surface area contributed by atoms with Crippen molar-refractivity contribution in [1.29, 1.82) is 0 Å². The van der Waals surface area contributed by atoms with Gasteiger partial charge in [-0.25, -0.2) is 0 Å². The number of thiophene rings is 1. The third-order valence-electron chi connectivity index (χ3n) is 5.89. The minimum Gasteiger partial charge on any atom is -0.354 e. The number of likely N-dealkylation sites (N-methyl/N-ethyl adjacent to an activating group) is 1. The van der Waals surface area contributed by atoms with Crippen LogP contribution in [-0.4, -0.2) is 43.9 Å². The molecular formula is C22H34N4S2+2. The van der Waals surface area contributed by atoms with Crippen molar-refractivity contribution < 1.29 is 9.80 Å². The van der Waals surface area contributed by atoms with Gasteiger partial charge in [-0.2, -0.15) is 0 Å². The largest absolute Gasteiger partial charge is 0.354 e. The van der Waals surface area contributed by atoms with Crippen LogP contribution in [0.1, 0.15) is 35.9 Å². The average Bonchev–Trinajstić information content (AvgIpc) is 3.19. The molecule has 2 heterocycles. The Hall–Kier alpha value is -1.47. The van der Waals surface area contributed by atoms with E-state index < -0.39 is 0 Å². The summed E-state index contributed by atoms with van der Waals surface area (Å²) in [5.74, 6) is 0. The highest BCUT2D eigenvalue weighted by atomic mass is 32.1. The predicted molar refractivity (Wildman–Crippen MR) is 124 cm³/mol. The number of benzene rings is 1. The summed E-state index contributed by atoms with van der Waals surface area (Å²) in [5, 5.41) is 9.89. The molecule has 0 spiro atoms. The van der Waals surface area contributed by atoms with Crippen LogP contribution in [0, 0.1) is 13.8 Å². The number of thiocarbonyl (C=S) groups is 1. The van der Waals surface area contributed by atoms with E-state index in [0.717, 1.165) is 5.69 Å². The fourth-order valence-corrected chi connectivity index (χ4v) is 5.46. The molecule has 1 aliphatic heterocycles. The second-order valence-electron chi connectivity index (χ2n) is 7.96. The van der Waals surface area contributed by atoms with Crippen LogP contribution >= 0.6 is 23.6 Å². The molecule has 2 aromatic rings. The summed E-state index contributed by atoms with van der Waals surface area (Å²) >= 11 is 7.53. The van der Waals surface area contributed by atoms with Gasteiger partial charge in [-0.15, -0.1) is 11.3 Å². The highest BCUT2D eigenvalue weighted by Crippen LogP contribution is 2.20. The lowest BCUT2D eigenvalue weighted by Gasteiger charge is -2.37. The first-order valence-electron chi connectivity index (χ1n) is 10.3. The second-order valence-corrected chi connectivity index (χ2v) is 9.35. The summed E-state index contributed by atoms with van der Waals surface area (Å²) < 4.78 is 0. The van der Waals surface area contributed by atoms with Crippen molar-refractivity contribution in [3.63, 3.8) is 0 Å². The monoisotopic (exact) mass is 418 g/mol. The SMILES string of the molecule is CC[NH+]1CC[NH+]([C@H](c2cccs2)[C@@H](C)NC(=S)Nc2cc(C)ccc2C)CC1. The zero-order valence-corrected chi connectivity index (χ0v) is 19.1. The number of hydrogen-bond acceptors (Lipinski definition) is 2. The van der Waals surface area contributed by atoms with E-state index in [4.69, 9.17) is 12.2 Å². The van der Waals surface area contributed by atoms with Gasteiger partial charge in [0, 0.05) is 5.69 Å². The molecule has 2 atom stereocenters. The Balaban J connectivity index is 1.68. The van der Waals surface area contributed by atoms with Gasteiger partial charge in [-0.05, 0) is 68.6 Å². The molecule has 0 aliphatic carbocycles. The summed E-state index contributed by atoms with van der Waals surface area (Å²) in [4.78, 5) is 4.85. The Morgan fingerprint density at radius 1 is 1.18 bits per heavy atom. The molecule has 0 radical (unpaired) electrons. The van der Waals surface area contributed by atoms with Crippen LogP contribution in [0.25, 0.3) is 0 Å². The topological polar surface area (TPSA) is 32.9 Å². The molecule has 0 bridgehead atoms. The molecule has 0 unspecified atom stereocenters. The molecule has 1 fully saturated rings. The number of quaternary nitrogens is 2. The zero-order chi connectivity index (χ0) is 20.1. The van der Waals surface area contributed by atoms with Crippen LogP contribution < -0.4 is 20.4 Å². The molecule has 3 rings (SSSR count). The first kappa shape index (κ1) is 21.2. The van der Waals surface area contributed by atoms with Crippen LogP contribution in [0.15, 0.2) is 35.7 Å². The molecule has 0 amide bonds. The van der Waals surface area contributed by atoms with Crippen molar-refractivity contribution in [1.82, 2.24) is 5.32 Å². The van der Waals surface area contributed by atoms with E-state index in [1.807, 2.05) is 11.3 Å². The Kier molecular flexibility index (Phi) is 7.46. The minimum atomic E-state index is 0.266. The van der Waals surface area contributed by atoms with Gasteiger partial charge in [0.15, 0.2) is 5.11 Å². The molecule has 0 saturated carbocycles. The van der Waals surface area contributed by atoms with Gasteiger partial charge < -0.3 is 20.4 Å². The summed E-state index contributed by atoms with van der Waals surface area (Å²) in [6, 6.07) is 11.6. The molecule has 4 nitrogen and oxygen atoms in total. The molecule has 1 aromatic carbocycles. The van der Waals surface area contributed by atoms with Crippen molar-refractivity contribution in [2.75, 3.05) is 38.0 Å². The van der Waals surface area contributed by atoms with Crippen molar-refractivity contribution in [3.8, 4) is 0 Å². The quantitative estimate of drug-likeness (QED) is 0.538. The molecule has 4 N–H and O–H groups in total. The molecule has 6 heteroatoms. The highest BCUT2D eigenvalue weighted by Gasteiger charge is 2.34. The van der Waals surface area contributed by atoms with Crippen LogP contribution in [0.4, 0.5) is 5.69 Å². The van der Waals surface area contributed by atoms with Gasteiger partial charge in [-0.3, -0.25) is 0 Å². The number of hydrogen-bond donors (Lipinski definition) is 4. The Bertz CT molecular complexity index is 767. The smallest absolute Gasteiger partial charge is 0.171 e. The molecule has 28 heavy (non-hydrogen) atoms. The zero-order valence-electron chi connectivity index (χ0n) is 17.5. The summed E-state index contributed by atoms with van der Waals surface area (Å²) in [7, 11) is 0. The van der Waals surface area contributed by atoms with Crippen molar-refractivity contribution in [2.45, 2.75) is 39.8 Å². The van der Waals surface area contributed by atoms with E-state index in [0.29, 0.717) is 11.2 Å². The Morgan fingerprint density at radius 3 is 2.57 bits per heavy atom. The lowest BCUT2D eigenvalue weighted by molar-refractivity contribution is -1.03. The summed E-state index contributed by atoms with van der Waals surface area (Å²) in [6.45, 7) is 15.0. The normalized spacial score (nSPS) is 21.7. The van der Waals surface area contributed by atoms with E-state index in [1.165, 1.54) is 48.7 Å². The van der Waals surface area contributed by atoms with Crippen LogP contribution in [0.2, 0.25) is 0 Å². The molecule has 1 saturated heterocycles. The van der Waals surface area contributed by atoms with E-state index in [1.54, 1.807) is 9.80 Å². The Labute approximate surface area is 178 Å². The van der Waals surface area contributed by atoms with Crippen molar-refractivity contribution in [3.05, 3.63) is 51.7 Å². The lowest BCUT2D eigenvalue weighted by Crippen LogP contribution is -3.28. The van der Waals surface area contributed by atoms with Crippen molar-refractivity contribution >= 4 is 34.4 Å². The first-order chi connectivity index (χ1) is 13.5. The van der Waals surface area contributed by atoms with Gasteiger partial charge in [0.1, 0.15) is 32.2 Å². The molecule has 152 valence electrons. The van der Waals surface area contributed by atoms with Gasteiger partial charge in [0.2, 0.25) is 0 Å². The molecule has 1 aromatic heterocycles. The molecular weight excluding hydrogens is 384 g/mol. The van der Waals surface area contributed by atoms with Gasteiger partial charge in [0.25, 0.3) is 0 Å². The second kappa shape index (κ2) is 9.83. The van der Waals surface area contributed by atoms with Crippen LogP contribution in [0.3, 0.4) is 0 Å². The number of anilines is 1. The maximum absolute atomic E-state index is 5.67. The van der Waals surface area contributed by atoms with E-state index >= 15 is 0 Å². The standard InChI is InChI=1S/C22H32N4S2/c1-5-25-10-12-26(13-11-25)21(20-7-6-14-28-20)18(4)23-22(27)24-19-15-16(2)8-9-17(19)3/h6-9,14-15,18,21H,5,10-13H2,1-4H3,(H2,23,24,27)/p+2/t18-,21+/m1/s1. The van der Waals surface area contributed by atoms with E-state index in [-0.39, 0.29) is 6.04 Å². The number of rotatable bonds is 6. The van der Waals surface area contributed by atoms with Crippen LogP contribution in [-0.2, 0) is 0 Å². The van der Waals surface area contributed by atoms with E-state index in [9.17, 15) is 0 Å². The maximum atomic E-state index is 5.67. The van der Waals surface area contributed by atoms with Crippen molar-refractivity contribution in [2.24, 2.45) is 0 Å². The first-order valence-corrected chi connectivity index (χ1v) is 11.6. The maximum Gasteiger partial charge on any atom is 0.171 e. The van der Waals surface area contributed by atoms with Crippen LogP contribution in [0.5, 0.6) is 0 Å². The van der Waals surface area contributed by atoms with Gasteiger partial charge in [0.05, 0.1) is 17.5 Å². The lowest BCUT2D eigenvalue weighted by atomic mass is 10.0. The van der Waals surface area contributed by atoms with Gasteiger partial charge in [-0.1, -0.05) is 18.2 Å². The van der Waals surface area contributed by atoms with E-state index in [2.05, 4.69) is 74.0 Å². The third-order valence-corrected chi connectivity index (χ3v) is 7.06. The summed E-state index contributed by atoms with van der Waals surface area (Å²) in [5.41, 5.74) is 3.53. The Morgan fingerprint density at radius 2 is 1.93 bits per heavy atom. The molecule has 1 aliphatic rings. The highest BCUT2D eigenvalue weighted by molar-refractivity contribution is 7.80. The third kappa shape index (κ3) is 5.32. The van der Waals surface area contributed by atoms with Gasteiger partial charge >= 0.3 is 0 Å². The number of piperazine rings is 1. The fraction of sp³-hybridized carbons (Fsp3) is 0.500.